The zero-order valence-electron chi connectivity index (χ0n) is 9.73. The van der Waals surface area contributed by atoms with Crippen LogP contribution in [-0.4, -0.2) is 25.3 Å². The van der Waals surface area contributed by atoms with Crippen LogP contribution in [0.4, 0.5) is 0 Å². The summed E-state index contributed by atoms with van der Waals surface area (Å²) in [6, 6.07) is 5.50. The van der Waals surface area contributed by atoms with E-state index in [9.17, 15) is 4.79 Å². The van der Waals surface area contributed by atoms with Crippen LogP contribution in [0.2, 0.25) is 0 Å². The van der Waals surface area contributed by atoms with Gasteiger partial charge in [-0.3, -0.25) is 4.79 Å². The predicted molar refractivity (Wildman–Crippen MR) is 62.9 cm³/mol. The van der Waals surface area contributed by atoms with Crippen molar-refractivity contribution in [2.75, 3.05) is 13.3 Å². The molecule has 1 unspecified atom stereocenters. The van der Waals surface area contributed by atoms with Gasteiger partial charge in [0.2, 0.25) is 12.7 Å². The molecule has 1 aromatic rings. The summed E-state index contributed by atoms with van der Waals surface area (Å²) in [7, 11) is 0. The van der Waals surface area contributed by atoms with Crippen LogP contribution in [0.5, 0.6) is 11.5 Å². The summed E-state index contributed by atoms with van der Waals surface area (Å²) in [6.07, 6.45) is 0.320. The first-order chi connectivity index (χ1) is 8.19. The van der Waals surface area contributed by atoms with Gasteiger partial charge in [0.15, 0.2) is 11.5 Å². The Bertz CT molecular complexity index is 420. The average Bonchev–Trinajstić information content (AvgIpc) is 2.75. The summed E-state index contributed by atoms with van der Waals surface area (Å²) in [4.78, 5) is 11.6. The second-order valence-corrected chi connectivity index (χ2v) is 4.07. The number of benzene rings is 1. The largest absolute Gasteiger partial charge is 0.454 e. The van der Waals surface area contributed by atoms with Gasteiger partial charge in [0.25, 0.3) is 0 Å². The highest BCUT2D eigenvalue weighted by atomic mass is 16.7. The second-order valence-electron chi connectivity index (χ2n) is 4.07. The fraction of sp³-hybridized carbons (Fsp3) is 0.417. The van der Waals surface area contributed by atoms with E-state index in [1.165, 1.54) is 0 Å². The van der Waals surface area contributed by atoms with E-state index in [0.29, 0.717) is 18.7 Å². The fourth-order valence-corrected chi connectivity index (χ4v) is 1.62. The average molecular weight is 236 g/mol. The summed E-state index contributed by atoms with van der Waals surface area (Å²) < 4.78 is 10.5. The normalized spacial score (nSPS) is 14.5. The molecule has 1 aliphatic rings. The standard InChI is InChI=1S/C12H16N2O3/c1-8(6-13)14-12(15)5-9-2-3-10-11(4-9)17-7-16-10/h2-4,8H,5-7,13H2,1H3,(H,14,15). The number of carbonyl (C=O) groups is 1. The summed E-state index contributed by atoms with van der Waals surface area (Å²) in [6.45, 7) is 2.56. The van der Waals surface area contributed by atoms with E-state index >= 15 is 0 Å². The zero-order valence-corrected chi connectivity index (χ0v) is 9.73. The van der Waals surface area contributed by atoms with E-state index in [-0.39, 0.29) is 18.7 Å². The third kappa shape index (κ3) is 2.88. The molecule has 92 valence electrons. The van der Waals surface area contributed by atoms with E-state index in [0.717, 1.165) is 11.3 Å². The molecule has 5 nitrogen and oxygen atoms in total. The molecule has 5 heteroatoms. The van der Waals surface area contributed by atoms with Crippen LogP contribution in [0.25, 0.3) is 0 Å². The topological polar surface area (TPSA) is 73.6 Å². The highest BCUT2D eigenvalue weighted by Gasteiger charge is 2.14. The first-order valence-corrected chi connectivity index (χ1v) is 5.57. The molecule has 1 heterocycles. The zero-order chi connectivity index (χ0) is 12.3. The number of fused-ring (bicyclic) bond motifs is 1. The number of hydrogen-bond donors (Lipinski definition) is 2. The highest BCUT2D eigenvalue weighted by molar-refractivity contribution is 5.79. The van der Waals surface area contributed by atoms with Crippen molar-refractivity contribution in [3.63, 3.8) is 0 Å². The maximum Gasteiger partial charge on any atom is 0.231 e. The monoisotopic (exact) mass is 236 g/mol. The molecule has 1 amide bonds. The van der Waals surface area contributed by atoms with Gasteiger partial charge in [0, 0.05) is 12.6 Å². The van der Waals surface area contributed by atoms with Crippen molar-refractivity contribution in [3.05, 3.63) is 23.8 Å². The summed E-state index contributed by atoms with van der Waals surface area (Å²) in [5.74, 6) is 1.38. The lowest BCUT2D eigenvalue weighted by Crippen LogP contribution is -2.38. The van der Waals surface area contributed by atoms with Gasteiger partial charge >= 0.3 is 0 Å². The van der Waals surface area contributed by atoms with Crippen LogP contribution in [0.15, 0.2) is 18.2 Å². The molecule has 0 radical (unpaired) electrons. The van der Waals surface area contributed by atoms with E-state index in [2.05, 4.69) is 5.32 Å². The molecule has 0 fully saturated rings. The van der Waals surface area contributed by atoms with Crippen LogP contribution in [-0.2, 0) is 11.2 Å². The smallest absolute Gasteiger partial charge is 0.231 e. The number of ether oxygens (including phenoxy) is 2. The minimum atomic E-state index is -0.0400. The quantitative estimate of drug-likeness (QED) is 0.794. The number of nitrogens with two attached hydrogens (primary N) is 1. The third-order valence-electron chi connectivity index (χ3n) is 2.56. The van der Waals surface area contributed by atoms with Crippen molar-refractivity contribution < 1.29 is 14.3 Å². The van der Waals surface area contributed by atoms with E-state index < -0.39 is 0 Å². The van der Waals surface area contributed by atoms with Crippen molar-refractivity contribution >= 4 is 5.91 Å². The Hall–Kier alpha value is -1.75. The molecule has 0 aromatic heterocycles. The molecular formula is C12H16N2O3. The van der Waals surface area contributed by atoms with Gasteiger partial charge in [0.1, 0.15) is 0 Å². The fourth-order valence-electron chi connectivity index (χ4n) is 1.62. The second kappa shape index (κ2) is 5.05. The molecule has 0 aliphatic carbocycles. The molecule has 17 heavy (non-hydrogen) atoms. The van der Waals surface area contributed by atoms with Crippen molar-refractivity contribution in [3.8, 4) is 11.5 Å². The van der Waals surface area contributed by atoms with Gasteiger partial charge < -0.3 is 20.5 Å². The van der Waals surface area contributed by atoms with Crippen molar-refractivity contribution in [2.45, 2.75) is 19.4 Å². The van der Waals surface area contributed by atoms with Gasteiger partial charge in [-0.25, -0.2) is 0 Å². The Balaban J connectivity index is 1.97. The Kier molecular flexibility index (Phi) is 3.49. The molecule has 0 saturated carbocycles. The van der Waals surface area contributed by atoms with E-state index in [4.69, 9.17) is 15.2 Å². The van der Waals surface area contributed by atoms with Crippen LogP contribution >= 0.6 is 0 Å². The SMILES string of the molecule is CC(CN)NC(=O)Cc1ccc2c(c1)OCO2. The van der Waals surface area contributed by atoms with Gasteiger partial charge in [-0.15, -0.1) is 0 Å². The molecule has 0 spiro atoms. The van der Waals surface area contributed by atoms with Gasteiger partial charge in [0.05, 0.1) is 6.42 Å². The molecule has 3 N–H and O–H groups in total. The Morgan fingerprint density at radius 3 is 3.00 bits per heavy atom. The van der Waals surface area contributed by atoms with Gasteiger partial charge in [-0.05, 0) is 24.6 Å². The number of hydrogen-bond acceptors (Lipinski definition) is 4. The summed E-state index contributed by atoms with van der Waals surface area (Å²) in [5, 5.41) is 2.81. The number of amides is 1. The third-order valence-corrected chi connectivity index (χ3v) is 2.56. The highest BCUT2D eigenvalue weighted by Crippen LogP contribution is 2.32. The van der Waals surface area contributed by atoms with E-state index in [1.54, 1.807) is 0 Å². The van der Waals surface area contributed by atoms with Crippen LogP contribution in [0.3, 0.4) is 0 Å². The minimum absolute atomic E-state index is 0.00323. The summed E-state index contributed by atoms with van der Waals surface area (Å²) >= 11 is 0. The van der Waals surface area contributed by atoms with Gasteiger partial charge in [-0.2, -0.15) is 0 Å². The lowest BCUT2D eigenvalue weighted by atomic mass is 10.1. The number of rotatable bonds is 4. The molecule has 1 aromatic carbocycles. The van der Waals surface area contributed by atoms with Gasteiger partial charge in [-0.1, -0.05) is 6.07 Å². The lowest BCUT2D eigenvalue weighted by molar-refractivity contribution is -0.120. The van der Waals surface area contributed by atoms with Crippen LogP contribution in [0, 0.1) is 0 Å². The van der Waals surface area contributed by atoms with E-state index in [1.807, 2.05) is 25.1 Å². The first-order valence-electron chi connectivity index (χ1n) is 5.57. The Labute approximate surface area is 99.9 Å². The molecule has 1 atom stereocenters. The van der Waals surface area contributed by atoms with Crippen molar-refractivity contribution in [1.82, 2.24) is 5.32 Å². The maximum absolute atomic E-state index is 11.6. The minimum Gasteiger partial charge on any atom is -0.454 e. The number of nitrogens with one attached hydrogen (secondary N) is 1. The van der Waals surface area contributed by atoms with Crippen LogP contribution < -0.4 is 20.5 Å². The predicted octanol–water partition coefficient (Wildman–Crippen LogP) is 0.421. The molecular weight excluding hydrogens is 220 g/mol. The number of carbonyl (C=O) groups excluding carboxylic acids is 1. The Morgan fingerprint density at radius 2 is 2.24 bits per heavy atom. The first kappa shape index (κ1) is 11.7. The maximum atomic E-state index is 11.6. The van der Waals surface area contributed by atoms with Crippen molar-refractivity contribution in [1.29, 1.82) is 0 Å². The molecule has 1 aliphatic heterocycles. The van der Waals surface area contributed by atoms with Crippen LogP contribution in [0.1, 0.15) is 12.5 Å². The Morgan fingerprint density at radius 1 is 1.47 bits per heavy atom. The summed E-state index contributed by atoms with van der Waals surface area (Å²) in [5.41, 5.74) is 6.34. The van der Waals surface area contributed by atoms with Crippen molar-refractivity contribution in [2.24, 2.45) is 5.73 Å². The molecule has 0 bridgehead atoms. The molecule has 2 rings (SSSR count). The lowest BCUT2D eigenvalue weighted by Gasteiger charge is -2.11. The molecule has 0 saturated heterocycles.